The molecule has 1 aliphatic carbocycles. The van der Waals surface area contributed by atoms with Crippen molar-refractivity contribution in [1.82, 2.24) is 5.32 Å². The molecule has 1 unspecified atom stereocenters. The van der Waals surface area contributed by atoms with Gasteiger partial charge < -0.3 is 10.4 Å². The Bertz CT molecular complexity index is 512. The van der Waals surface area contributed by atoms with Gasteiger partial charge in [-0.25, -0.2) is 0 Å². The van der Waals surface area contributed by atoms with E-state index < -0.39 is 11.5 Å². The lowest BCUT2D eigenvalue weighted by atomic mass is 9.93. The minimum atomic E-state index is -0.841. The second-order valence-electron chi connectivity index (χ2n) is 5.99. The molecule has 1 amide bonds. The van der Waals surface area contributed by atoms with Crippen molar-refractivity contribution in [3.05, 3.63) is 35.9 Å². The topological polar surface area (TPSA) is 66.4 Å². The first-order valence-corrected chi connectivity index (χ1v) is 8.75. The molecule has 120 valence electrons. The summed E-state index contributed by atoms with van der Waals surface area (Å²) in [6, 6.07) is 10.0. The Morgan fingerprint density at radius 2 is 1.91 bits per heavy atom. The van der Waals surface area contributed by atoms with Crippen molar-refractivity contribution >= 4 is 23.6 Å². The lowest BCUT2D eigenvalue weighted by Crippen LogP contribution is -2.50. The van der Waals surface area contributed by atoms with Gasteiger partial charge >= 0.3 is 5.97 Å². The van der Waals surface area contributed by atoms with Gasteiger partial charge in [0.15, 0.2) is 0 Å². The number of nitrogens with one attached hydrogen (secondary N) is 1. The number of benzene rings is 1. The van der Waals surface area contributed by atoms with Crippen molar-refractivity contribution < 1.29 is 14.7 Å². The van der Waals surface area contributed by atoms with Crippen LogP contribution in [0.15, 0.2) is 30.3 Å². The molecule has 2 rings (SSSR count). The molecule has 1 saturated carbocycles. The van der Waals surface area contributed by atoms with E-state index in [0.717, 1.165) is 31.4 Å². The van der Waals surface area contributed by atoms with Crippen LogP contribution in [0.3, 0.4) is 0 Å². The predicted octanol–water partition coefficient (Wildman–Crippen LogP) is 3.21. The molecule has 1 aliphatic rings. The van der Waals surface area contributed by atoms with Crippen LogP contribution in [0.4, 0.5) is 0 Å². The molecular formula is C17H23NO3S. The standard InChI is InChI=1S/C17H23NO3S/c1-13(22-12-14-7-3-2-4-8-14)16(21)18-17(11-15(19)20)9-5-6-10-17/h2-4,7-8,13H,5-6,9-12H2,1H3,(H,18,21)(H,19,20). The van der Waals surface area contributed by atoms with Crippen LogP contribution in [-0.2, 0) is 15.3 Å². The van der Waals surface area contributed by atoms with E-state index in [4.69, 9.17) is 5.11 Å². The van der Waals surface area contributed by atoms with Crippen molar-refractivity contribution in [3.8, 4) is 0 Å². The highest BCUT2D eigenvalue weighted by Crippen LogP contribution is 2.33. The third kappa shape index (κ3) is 4.77. The number of carbonyl (C=O) groups excluding carboxylic acids is 1. The molecule has 1 aromatic rings. The minimum Gasteiger partial charge on any atom is -0.481 e. The van der Waals surface area contributed by atoms with E-state index in [-0.39, 0.29) is 17.6 Å². The zero-order chi connectivity index (χ0) is 16.0. The van der Waals surface area contributed by atoms with Crippen LogP contribution in [0.2, 0.25) is 0 Å². The molecule has 1 aromatic carbocycles. The SMILES string of the molecule is CC(SCc1ccccc1)C(=O)NC1(CC(=O)O)CCCC1. The number of hydrogen-bond donors (Lipinski definition) is 2. The van der Waals surface area contributed by atoms with Crippen molar-refractivity contribution in [2.75, 3.05) is 0 Å². The van der Waals surface area contributed by atoms with Gasteiger partial charge in [-0.1, -0.05) is 43.2 Å². The molecule has 5 heteroatoms. The number of rotatable bonds is 7. The van der Waals surface area contributed by atoms with Crippen LogP contribution < -0.4 is 5.32 Å². The Morgan fingerprint density at radius 3 is 2.50 bits per heavy atom. The number of amides is 1. The molecule has 22 heavy (non-hydrogen) atoms. The fraction of sp³-hybridized carbons (Fsp3) is 0.529. The lowest BCUT2D eigenvalue weighted by Gasteiger charge is -2.30. The van der Waals surface area contributed by atoms with Gasteiger partial charge in [0.1, 0.15) is 0 Å². The maximum absolute atomic E-state index is 12.4. The summed E-state index contributed by atoms with van der Waals surface area (Å²) in [5.41, 5.74) is 0.651. The zero-order valence-corrected chi connectivity index (χ0v) is 13.7. The number of thioether (sulfide) groups is 1. The Balaban J connectivity index is 1.88. The molecule has 0 radical (unpaired) electrons. The average molecular weight is 321 g/mol. The Morgan fingerprint density at radius 1 is 1.27 bits per heavy atom. The van der Waals surface area contributed by atoms with E-state index in [2.05, 4.69) is 5.32 Å². The van der Waals surface area contributed by atoms with Gasteiger partial charge in [0, 0.05) is 5.75 Å². The summed E-state index contributed by atoms with van der Waals surface area (Å²) < 4.78 is 0. The van der Waals surface area contributed by atoms with E-state index >= 15 is 0 Å². The van der Waals surface area contributed by atoms with Gasteiger partial charge in [-0.3, -0.25) is 9.59 Å². The summed E-state index contributed by atoms with van der Waals surface area (Å²) >= 11 is 1.58. The van der Waals surface area contributed by atoms with E-state index in [9.17, 15) is 9.59 Å². The van der Waals surface area contributed by atoms with Crippen LogP contribution in [0.1, 0.15) is 44.6 Å². The molecule has 0 heterocycles. The second-order valence-corrected chi connectivity index (χ2v) is 7.32. The van der Waals surface area contributed by atoms with Crippen molar-refractivity contribution in [2.45, 2.75) is 55.6 Å². The van der Waals surface area contributed by atoms with Gasteiger partial charge in [-0.15, -0.1) is 11.8 Å². The number of carboxylic acids is 1. The maximum atomic E-state index is 12.4. The predicted molar refractivity (Wildman–Crippen MR) is 88.8 cm³/mol. The van der Waals surface area contributed by atoms with Gasteiger partial charge in [-0.05, 0) is 25.3 Å². The Kier molecular flexibility index (Phi) is 5.89. The van der Waals surface area contributed by atoms with Crippen LogP contribution in [-0.4, -0.2) is 27.8 Å². The molecule has 0 saturated heterocycles. The third-order valence-electron chi connectivity index (χ3n) is 4.15. The Labute approximate surface area is 135 Å². The van der Waals surface area contributed by atoms with Gasteiger partial charge in [0.2, 0.25) is 5.91 Å². The number of aliphatic carboxylic acids is 1. The molecule has 4 nitrogen and oxygen atoms in total. The highest BCUT2D eigenvalue weighted by atomic mass is 32.2. The van der Waals surface area contributed by atoms with Crippen LogP contribution in [0.5, 0.6) is 0 Å². The molecule has 0 aromatic heterocycles. The Hall–Kier alpha value is -1.49. The summed E-state index contributed by atoms with van der Waals surface area (Å²) in [4.78, 5) is 23.4. The van der Waals surface area contributed by atoms with Crippen LogP contribution >= 0.6 is 11.8 Å². The zero-order valence-electron chi connectivity index (χ0n) is 12.9. The molecule has 2 N–H and O–H groups in total. The van der Waals surface area contributed by atoms with Crippen molar-refractivity contribution in [2.24, 2.45) is 0 Å². The maximum Gasteiger partial charge on any atom is 0.305 e. The molecule has 0 bridgehead atoms. The first kappa shape index (κ1) is 16.9. The lowest BCUT2D eigenvalue weighted by molar-refractivity contribution is -0.139. The monoisotopic (exact) mass is 321 g/mol. The first-order valence-electron chi connectivity index (χ1n) is 7.70. The molecule has 1 atom stereocenters. The van der Waals surface area contributed by atoms with Crippen molar-refractivity contribution in [1.29, 1.82) is 0 Å². The van der Waals surface area contributed by atoms with E-state index in [1.165, 1.54) is 5.56 Å². The largest absolute Gasteiger partial charge is 0.481 e. The molecule has 0 spiro atoms. The highest BCUT2D eigenvalue weighted by molar-refractivity contribution is 7.99. The van der Waals surface area contributed by atoms with E-state index in [0.29, 0.717) is 0 Å². The summed E-state index contributed by atoms with van der Waals surface area (Å²) in [6.07, 6.45) is 3.52. The number of carbonyl (C=O) groups is 2. The van der Waals surface area contributed by atoms with Crippen LogP contribution in [0, 0.1) is 0 Å². The third-order valence-corrected chi connectivity index (χ3v) is 5.36. The molecule has 1 fully saturated rings. The van der Waals surface area contributed by atoms with E-state index in [1.54, 1.807) is 11.8 Å². The number of hydrogen-bond acceptors (Lipinski definition) is 3. The highest BCUT2D eigenvalue weighted by Gasteiger charge is 2.38. The summed E-state index contributed by atoms with van der Waals surface area (Å²) in [6.45, 7) is 1.88. The summed E-state index contributed by atoms with van der Waals surface area (Å²) in [7, 11) is 0. The smallest absolute Gasteiger partial charge is 0.305 e. The second kappa shape index (κ2) is 7.68. The van der Waals surface area contributed by atoms with Gasteiger partial charge in [0.05, 0.1) is 17.2 Å². The summed E-state index contributed by atoms with van der Waals surface area (Å²) in [5, 5.41) is 11.9. The molecular weight excluding hydrogens is 298 g/mol. The fourth-order valence-corrected chi connectivity index (χ4v) is 3.77. The van der Waals surface area contributed by atoms with Crippen LogP contribution in [0.25, 0.3) is 0 Å². The fourth-order valence-electron chi connectivity index (χ4n) is 2.92. The van der Waals surface area contributed by atoms with Gasteiger partial charge in [-0.2, -0.15) is 0 Å². The van der Waals surface area contributed by atoms with E-state index in [1.807, 2.05) is 37.3 Å². The van der Waals surface area contributed by atoms with Crippen molar-refractivity contribution in [3.63, 3.8) is 0 Å². The first-order chi connectivity index (χ1) is 10.5. The minimum absolute atomic E-state index is 0.0226. The quantitative estimate of drug-likeness (QED) is 0.809. The average Bonchev–Trinajstić information content (AvgIpc) is 2.93. The normalized spacial score (nSPS) is 17.9. The van der Waals surface area contributed by atoms with Gasteiger partial charge in [0.25, 0.3) is 0 Å². The molecule has 0 aliphatic heterocycles. The summed E-state index contributed by atoms with van der Waals surface area (Å²) in [5.74, 6) is -0.114. The number of carboxylic acid groups (broad SMARTS) is 1.